The lowest BCUT2D eigenvalue weighted by Gasteiger charge is -2.38. The first kappa shape index (κ1) is 15.2. The Labute approximate surface area is 117 Å². The van der Waals surface area contributed by atoms with E-state index in [9.17, 15) is 13.2 Å². The Morgan fingerprint density at radius 2 is 2.05 bits per heavy atom. The van der Waals surface area contributed by atoms with E-state index in [0.29, 0.717) is 5.92 Å². The van der Waals surface area contributed by atoms with Gasteiger partial charge in [0.25, 0.3) is 0 Å². The molecule has 1 aromatic rings. The Morgan fingerprint density at radius 1 is 1.35 bits per heavy atom. The minimum Gasteiger partial charge on any atom is -0.497 e. The van der Waals surface area contributed by atoms with Gasteiger partial charge in [0.1, 0.15) is 5.75 Å². The zero-order valence-corrected chi connectivity index (χ0v) is 11.7. The van der Waals surface area contributed by atoms with E-state index in [-0.39, 0.29) is 6.04 Å². The van der Waals surface area contributed by atoms with Crippen LogP contribution >= 0.6 is 0 Å². The monoisotopic (exact) mass is 287 g/mol. The highest BCUT2D eigenvalue weighted by molar-refractivity contribution is 5.32. The molecule has 0 aromatic heterocycles. The fourth-order valence-corrected chi connectivity index (χ4v) is 2.73. The minimum atomic E-state index is -4.09. The van der Waals surface area contributed by atoms with Crippen molar-refractivity contribution in [1.82, 2.24) is 5.32 Å². The van der Waals surface area contributed by atoms with Crippen LogP contribution in [0.2, 0.25) is 0 Å². The summed E-state index contributed by atoms with van der Waals surface area (Å²) in [6, 6.07) is 7.54. The highest BCUT2D eigenvalue weighted by Gasteiger charge is 2.34. The molecule has 1 fully saturated rings. The van der Waals surface area contributed by atoms with E-state index in [4.69, 9.17) is 4.74 Å². The van der Waals surface area contributed by atoms with E-state index in [1.165, 1.54) is 5.56 Å². The SMILES string of the molecule is COc1cccc(C2CC(NC(C)CC(F)(F)F)C2)c1. The highest BCUT2D eigenvalue weighted by atomic mass is 19.4. The molecule has 1 aromatic carbocycles. The zero-order chi connectivity index (χ0) is 14.8. The van der Waals surface area contributed by atoms with Crippen molar-refractivity contribution < 1.29 is 17.9 Å². The Balaban J connectivity index is 1.79. The molecule has 2 rings (SSSR count). The van der Waals surface area contributed by atoms with Crippen LogP contribution < -0.4 is 10.1 Å². The van der Waals surface area contributed by atoms with Crippen LogP contribution in [0.15, 0.2) is 24.3 Å². The molecule has 0 spiro atoms. The molecule has 0 amide bonds. The normalized spacial score (nSPS) is 24.1. The first-order valence-corrected chi connectivity index (χ1v) is 6.84. The number of halogens is 3. The zero-order valence-electron chi connectivity index (χ0n) is 11.7. The van der Waals surface area contributed by atoms with Gasteiger partial charge in [-0.05, 0) is 43.4 Å². The Morgan fingerprint density at radius 3 is 2.65 bits per heavy atom. The van der Waals surface area contributed by atoms with Crippen LogP contribution in [0.3, 0.4) is 0 Å². The average Bonchev–Trinajstić information content (AvgIpc) is 2.31. The van der Waals surface area contributed by atoms with E-state index in [1.807, 2.05) is 24.3 Å². The second kappa shape index (κ2) is 6.04. The lowest BCUT2D eigenvalue weighted by Crippen LogP contribution is -2.45. The minimum absolute atomic E-state index is 0.184. The van der Waals surface area contributed by atoms with Crippen molar-refractivity contribution in [3.05, 3.63) is 29.8 Å². The van der Waals surface area contributed by atoms with Crippen molar-refractivity contribution in [3.8, 4) is 5.75 Å². The maximum absolute atomic E-state index is 12.2. The number of alkyl halides is 3. The van der Waals surface area contributed by atoms with Gasteiger partial charge in [-0.15, -0.1) is 0 Å². The summed E-state index contributed by atoms with van der Waals surface area (Å²) in [6.07, 6.45) is -3.10. The first-order chi connectivity index (χ1) is 9.37. The van der Waals surface area contributed by atoms with E-state index < -0.39 is 18.6 Å². The van der Waals surface area contributed by atoms with Gasteiger partial charge >= 0.3 is 6.18 Å². The van der Waals surface area contributed by atoms with Crippen molar-refractivity contribution in [2.45, 2.75) is 50.4 Å². The van der Waals surface area contributed by atoms with Crippen molar-refractivity contribution in [1.29, 1.82) is 0 Å². The van der Waals surface area contributed by atoms with Gasteiger partial charge in [0, 0.05) is 12.1 Å². The summed E-state index contributed by atoms with van der Waals surface area (Å²) in [5.41, 5.74) is 1.20. The number of rotatable bonds is 5. The van der Waals surface area contributed by atoms with Gasteiger partial charge in [0.2, 0.25) is 0 Å². The summed E-state index contributed by atoms with van der Waals surface area (Å²) in [7, 11) is 1.63. The number of hydrogen-bond acceptors (Lipinski definition) is 2. The quantitative estimate of drug-likeness (QED) is 0.887. The van der Waals surface area contributed by atoms with Crippen molar-refractivity contribution in [2.75, 3.05) is 7.11 Å². The molecule has 20 heavy (non-hydrogen) atoms. The molecule has 0 heterocycles. The van der Waals surface area contributed by atoms with Crippen molar-refractivity contribution in [3.63, 3.8) is 0 Å². The molecule has 0 radical (unpaired) electrons. The molecule has 0 saturated heterocycles. The molecule has 0 bridgehead atoms. The van der Waals surface area contributed by atoms with E-state index in [1.54, 1.807) is 14.0 Å². The van der Waals surface area contributed by atoms with Crippen LogP contribution in [0.4, 0.5) is 13.2 Å². The third kappa shape index (κ3) is 4.13. The molecule has 112 valence electrons. The number of ether oxygens (including phenoxy) is 1. The van der Waals surface area contributed by atoms with Crippen LogP contribution in [0.5, 0.6) is 5.75 Å². The number of nitrogens with one attached hydrogen (secondary N) is 1. The Kier molecular flexibility index (Phi) is 4.58. The van der Waals surface area contributed by atoms with E-state index in [2.05, 4.69) is 5.32 Å². The van der Waals surface area contributed by atoms with Crippen LogP contribution in [-0.2, 0) is 0 Å². The van der Waals surface area contributed by atoms with Crippen LogP contribution in [0, 0.1) is 0 Å². The molecule has 0 aliphatic heterocycles. The van der Waals surface area contributed by atoms with E-state index >= 15 is 0 Å². The van der Waals surface area contributed by atoms with Crippen LogP contribution in [-0.4, -0.2) is 25.4 Å². The fraction of sp³-hybridized carbons (Fsp3) is 0.600. The van der Waals surface area contributed by atoms with Gasteiger partial charge < -0.3 is 10.1 Å². The van der Waals surface area contributed by atoms with Gasteiger partial charge in [-0.2, -0.15) is 13.2 Å². The summed E-state index contributed by atoms with van der Waals surface area (Å²) in [5, 5.41) is 3.05. The van der Waals surface area contributed by atoms with E-state index in [0.717, 1.165) is 18.6 Å². The molecular formula is C15H20F3NO. The predicted molar refractivity (Wildman–Crippen MR) is 72.0 cm³/mol. The molecule has 1 aliphatic carbocycles. The molecule has 5 heteroatoms. The lowest BCUT2D eigenvalue weighted by atomic mass is 9.75. The third-order valence-electron chi connectivity index (χ3n) is 3.76. The number of methoxy groups -OCH3 is 1. The lowest BCUT2D eigenvalue weighted by molar-refractivity contribution is -0.139. The third-order valence-corrected chi connectivity index (χ3v) is 3.76. The molecule has 1 atom stereocenters. The second-order valence-corrected chi connectivity index (χ2v) is 5.53. The molecule has 1 N–H and O–H groups in total. The summed E-state index contributed by atoms with van der Waals surface area (Å²) in [6.45, 7) is 1.59. The molecule has 1 saturated carbocycles. The Bertz CT molecular complexity index is 441. The summed E-state index contributed by atoms with van der Waals surface area (Å²) in [4.78, 5) is 0. The fourth-order valence-electron chi connectivity index (χ4n) is 2.73. The topological polar surface area (TPSA) is 21.3 Å². The van der Waals surface area contributed by atoms with Gasteiger partial charge in [-0.25, -0.2) is 0 Å². The molecular weight excluding hydrogens is 267 g/mol. The van der Waals surface area contributed by atoms with Crippen LogP contribution in [0.1, 0.15) is 37.7 Å². The summed E-state index contributed by atoms with van der Waals surface area (Å²) >= 11 is 0. The summed E-state index contributed by atoms with van der Waals surface area (Å²) in [5.74, 6) is 1.24. The van der Waals surface area contributed by atoms with Gasteiger partial charge in [-0.3, -0.25) is 0 Å². The second-order valence-electron chi connectivity index (χ2n) is 5.53. The van der Waals surface area contributed by atoms with Crippen LogP contribution in [0.25, 0.3) is 0 Å². The summed E-state index contributed by atoms with van der Waals surface area (Å²) < 4.78 is 41.9. The number of benzene rings is 1. The number of hydrogen-bond donors (Lipinski definition) is 1. The maximum Gasteiger partial charge on any atom is 0.390 e. The van der Waals surface area contributed by atoms with Gasteiger partial charge in [-0.1, -0.05) is 12.1 Å². The smallest absolute Gasteiger partial charge is 0.390 e. The van der Waals surface area contributed by atoms with Gasteiger partial charge in [0.05, 0.1) is 13.5 Å². The highest BCUT2D eigenvalue weighted by Crippen LogP contribution is 2.38. The standard InChI is InChI=1S/C15H20F3NO/c1-10(9-15(16,17)18)19-13-6-12(7-13)11-4-3-5-14(8-11)20-2/h3-5,8,10,12-13,19H,6-7,9H2,1-2H3. The molecule has 1 unspecified atom stereocenters. The Hall–Kier alpha value is -1.23. The molecule has 1 aliphatic rings. The maximum atomic E-state index is 12.2. The predicted octanol–water partition coefficient (Wildman–Crippen LogP) is 3.87. The largest absolute Gasteiger partial charge is 0.497 e. The van der Waals surface area contributed by atoms with Crippen molar-refractivity contribution in [2.24, 2.45) is 0 Å². The van der Waals surface area contributed by atoms with Gasteiger partial charge in [0.15, 0.2) is 0 Å². The van der Waals surface area contributed by atoms with Crippen molar-refractivity contribution >= 4 is 0 Å². The first-order valence-electron chi connectivity index (χ1n) is 6.84. The average molecular weight is 287 g/mol. The molecule has 2 nitrogen and oxygen atoms in total.